The largest absolute Gasteiger partial charge is 0.372 e. The van der Waals surface area contributed by atoms with E-state index in [1.165, 1.54) is 24.1 Å². The van der Waals surface area contributed by atoms with Gasteiger partial charge in [0.1, 0.15) is 0 Å². The van der Waals surface area contributed by atoms with Crippen LogP contribution < -0.4 is 10.2 Å². The highest BCUT2D eigenvalue weighted by molar-refractivity contribution is 5.54. The summed E-state index contributed by atoms with van der Waals surface area (Å²) in [5, 5.41) is 3.33. The van der Waals surface area contributed by atoms with Gasteiger partial charge in [-0.15, -0.1) is 0 Å². The van der Waals surface area contributed by atoms with E-state index in [-0.39, 0.29) is 0 Å². The van der Waals surface area contributed by atoms with Crippen LogP contribution in [-0.2, 0) is 0 Å². The summed E-state index contributed by atoms with van der Waals surface area (Å²) in [6.45, 7) is 8.92. The fourth-order valence-electron chi connectivity index (χ4n) is 2.10. The first kappa shape index (κ1) is 14.0. The van der Waals surface area contributed by atoms with Gasteiger partial charge in [-0.1, -0.05) is 31.5 Å². The third-order valence-electron chi connectivity index (χ3n) is 3.34. The standard InChI is InChI=1S/C15H26N2/c1-5-7-12-17(6-2)15-11-9-8-10-14(15)13(3)16-4/h8-11,13,16H,5-7,12H2,1-4H3. The molecule has 1 unspecified atom stereocenters. The molecular formula is C15H26N2. The lowest BCUT2D eigenvalue weighted by Crippen LogP contribution is -2.26. The zero-order valence-electron chi connectivity index (χ0n) is 11.7. The van der Waals surface area contributed by atoms with Crippen LogP contribution >= 0.6 is 0 Å². The van der Waals surface area contributed by atoms with Gasteiger partial charge in [-0.25, -0.2) is 0 Å². The number of rotatable bonds is 7. The summed E-state index contributed by atoms with van der Waals surface area (Å²) in [6.07, 6.45) is 2.51. The molecule has 0 saturated heterocycles. The molecule has 0 aliphatic heterocycles. The Hall–Kier alpha value is -1.02. The Balaban J connectivity index is 2.93. The Bertz CT molecular complexity index is 322. The van der Waals surface area contributed by atoms with Crippen molar-refractivity contribution in [3.8, 4) is 0 Å². The molecule has 1 N–H and O–H groups in total. The number of benzene rings is 1. The maximum absolute atomic E-state index is 3.33. The summed E-state index contributed by atoms with van der Waals surface area (Å²) in [5.74, 6) is 0. The molecule has 0 fully saturated rings. The molecule has 0 radical (unpaired) electrons. The first-order valence-corrected chi connectivity index (χ1v) is 6.75. The monoisotopic (exact) mass is 234 g/mol. The van der Waals surface area contributed by atoms with Crippen LogP contribution in [0.4, 0.5) is 5.69 Å². The number of anilines is 1. The van der Waals surface area contributed by atoms with Crippen LogP contribution in [0.15, 0.2) is 24.3 Å². The Kier molecular flexibility index (Phi) is 6.06. The van der Waals surface area contributed by atoms with Crippen LogP contribution in [0.3, 0.4) is 0 Å². The quantitative estimate of drug-likeness (QED) is 0.775. The highest BCUT2D eigenvalue weighted by Gasteiger charge is 2.12. The van der Waals surface area contributed by atoms with E-state index in [1.807, 2.05) is 7.05 Å². The van der Waals surface area contributed by atoms with Crippen molar-refractivity contribution in [2.75, 3.05) is 25.0 Å². The number of nitrogens with zero attached hydrogens (tertiary/aromatic N) is 1. The van der Waals surface area contributed by atoms with Gasteiger partial charge in [0.05, 0.1) is 0 Å². The van der Waals surface area contributed by atoms with Crippen molar-refractivity contribution in [3.63, 3.8) is 0 Å². The molecule has 0 saturated carbocycles. The van der Waals surface area contributed by atoms with Crippen LogP contribution in [0.2, 0.25) is 0 Å². The second-order valence-corrected chi connectivity index (χ2v) is 4.50. The molecule has 2 heteroatoms. The van der Waals surface area contributed by atoms with E-state index in [9.17, 15) is 0 Å². The summed E-state index contributed by atoms with van der Waals surface area (Å²) < 4.78 is 0. The molecule has 17 heavy (non-hydrogen) atoms. The number of hydrogen-bond donors (Lipinski definition) is 1. The minimum atomic E-state index is 0.405. The van der Waals surface area contributed by atoms with Crippen molar-refractivity contribution < 1.29 is 0 Å². The fraction of sp³-hybridized carbons (Fsp3) is 0.600. The van der Waals surface area contributed by atoms with Gasteiger partial charge in [0, 0.05) is 24.8 Å². The molecule has 96 valence electrons. The van der Waals surface area contributed by atoms with E-state index in [0.29, 0.717) is 6.04 Å². The molecule has 0 amide bonds. The third-order valence-corrected chi connectivity index (χ3v) is 3.34. The van der Waals surface area contributed by atoms with Gasteiger partial charge in [0.25, 0.3) is 0 Å². The second-order valence-electron chi connectivity index (χ2n) is 4.50. The normalized spacial score (nSPS) is 12.5. The van der Waals surface area contributed by atoms with Gasteiger partial charge < -0.3 is 10.2 Å². The fourth-order valence-corrected chi connectivity index (χ4v) is 2.10. The lowest BCUT2D eigenvalue weighted by atomic mass is 10.0. The molecule has 0 bridgehead atoms. The summed E-state index contributed by atoms with van der Waals surface area (Å²) in [5.41, 5.74) is 2.78. The van der Waals surface area contributed by atoms with Crippen LogP contribution in [0.5, 0.6) is 0 Å². The lowest BCUT2D eigenvalue weighted by Gasteiger charge is -2.27. The summed E-state index contributed by atoms with van der Waals surface area (Å²) in [6, 6.07) is 9.13. The van der Waals surface area contributed by atoms with Crippen LogP contribution in [0.1, 0.15) is 45.2 Å². The smallest absolute Gasteiger partial charge is 0.0414 e. The Morgan fingerprint density at radius 3 is 2.53 bits per heavy atom. The maximum Gasteiger partial charge on any atom is 0.0414 e. The molecule has 0 aliphatic rings. The van der Waals surface area contributed by atoms with Crippen molar-refractivity contribution in [2.45, 2.75) is 39.7 Å². The van der Waals surface area contributed by atoms with Gasteiger partial charge in [0.15, 0.2) is 0 Å². The molecular weight excluding hydrogens is 208 g/mol. The van der Waals surface area contributed by atoms with E-state index in [1.54, 1.807) is 0 Å². The maximum atomic E-state index is 3.33. The molecule has 0 heterocycles. The van der Waals surface area contributed by atoms with Gasteiger partial charge >= 0.3 is 0 Å². The number of unbranched alkanes of at least 4 members (excludes halogenated alkanes) is 1. The van der Waals surface area contributed by atoms with Crippen LogP contribution in [-0.4, -0.2) is 20.1 Å². The molecule has 0 aliphatic carbocycles. The van der Waals surface area contributed by atoms with Gasteiger partial charge in [0.2, 0.25) is 0 Å². The zero-order chi connectivity index (χ0) is 12.7. The van der Waals surface area contributed by atoms with Crippen LogP contribution in [0, 0.1) is 0 Å². The molecule has 1 rings (SSSR count). The number of nitrogens with one attached hydrogen (secondary N) is 1. The van der Waals surface area contributed by atoms with E-state index in [2.05, 4.69) is 55.3 Å². The van der Waals surface area contributed by atoms with Gasteiger partial charge in [-0.2, -0.15) is 0 Å². The molecule has 0 aromatic heterocycles. The third kappa shape index (κ3) is 3.74. The van der Waals surface area contributed by atoms with Crippen LogP contribution in [0.25, 0.3) is 0 Å². The van der Waals surface area contributed by atoms with E-state index in [0.717, 1.165) is 13.1 Å². The highest BCUT2D eigenvalue weighted by Crippen LogP contribution is 2.26. The van der Waals surface area contributed by atoms with Crippen molar-refractivity contribution in [1.29, 1.82) is 0 Å². The minimum Gasteiger partial charge on any atom is -0.372 e. The number of hydrogen-bond acceptors (Lipinski definition) is 2. The van der Waals surface area contributed by atoms with Crippen molar-refractivity contribution in [1.82, 2.24) is 5.32 Å². The minimum absolute atomic E-state index is 0.405. The molecule has 2 nitrogen and oxygen atoms in total. The van der Waals surface area contributed by atoms with Gasteiger partial charge in [-0.3, -0.25) is 0 Å². The average Bonchev–Trinajstić information content (AvgIpc) is 2.39. The topological polar surface area (TPSA) is 15.3 Å². The molecule has 1 aromatic carbocycles. The van der Waals surface area contributed by atoms with E-state index >= 15 is 0 Å². The predicted octanol–water partition coefficient (Wildman–Crippen LogP) is 3.59. The van der Waals surface area contributed by atoms with Crippen molar-refractivity contribution in [3.05, 3.63) is 29.8 Å². The lowest BCUT2D eigenvalue weighted by molar-refractivity contribution is 0.644. The van der Waals surface area contributed by atoms with Crippen molar-refractivity contribution in [2.24, 2.45) is 0 Å². The number of para-hydroxylation sites is 1. The van der Waals surface area contributed by atoms with Gasteiger partial charge in [-0.05, 0) is 38.9 Å². The second kappa shape index (κ2) is 7.33. The predicted molar refractivity (Wildman–Crippen MR) is 76.7 cm³/mol. The molecule has 0 spiro atoms. The SMILES string of the molecule is CCCCN(CC)c1ccccc1C(C)NC. The average molecular weight is 234 g/mol. The van der Waals surface area contributed by atoms with E-state index < -0.39 is 0 Å². The highest BCUT2D eigenvalue weighted by atomic mass is 15.1. The summed E-state index contributed by atoms with van der Waals surface area (Å²) >= 11 is 0. The Morgan fingerprint density at radius 2 is 1.94 bits per heavy atom. The molecule has 1 aromatic rings. The Morgan fingerprint density at radius 1 is 1.24 bits per heavy atom. The molecule has 1 atom stereocenters. The first-order chi connectivity index (χ1) is 8.24. The zero-order valence-corrected chi connectivity index (χ0v) is 11.7. The Labute approximate surface area is 106 Å². The van der Waals surface area contributed by atoms with Crippen molar-refractivity contribution >= 4 is 5.69 Å². The van der Waals surface area contributed by atoms with E-state index in [4.69, 9.17) is 0 Å². The first-order valence-electron chi connectivity index (χ1n) is 6.75. The summed E-state index contributed by atoms with van der Waals surface area (Å²) in [7, 11) is 2.02. The summed E-state index contributed by atoms with van der Waals surface area (Å²) in [4.78, 5) is 2.48.